The van der Waals surface area contributed by atoms with Crippen LogP contribution in [0.1, 0.15) is 5.82 Å². The highest BCUT2D eigenvalue weighted by atomic mass is 19.1. The van der Waals surface area contributed by atoms with Crippen molar-refractivity contribution in [2.45, 2.75) is 6.92 Å². The summed E-state index contributed by atoms with van der Waals surface area (Å²) >= 11 is 0. The first-order chi connectivity index (χ1) is 14.4. The Balaban J connectivity index is 1.79. The normalized spacial score (nSPS) is 11.1. The molecule has 0 atom stereocenters. The molecule has 0 aliphatic rings. The highest BCUT2D eigenvalue weighted by Gasteiger charge is 2.19. The maximum atomic E-state index is 14.5. The molecule has 30 heavy (non-hydrogen) atoms. The number of anilines is 3. The van der Waals surface area contributed by atoms with Gasteiger partial charge < -0.3 is 15.8 Å². The SMILES string of the molecule is Cc1nc2c(F)cc(F)cc2n1-c1nc(N)c(F)c(Nc2ccc(OCF)cc2)n1. The van der Waals surface area contributed by atoms with E-state index in [2.05, 4.69) is 20.3 Å². The minimum atomic E-state index is -0.980. The van der Waals surface area contributed by atoms with Crippen molar-refractivity contribution in [2.75, 3.05) is 17.9 Å². The number of imidazole rings is 1. The first-order valence-corrected chi connectivity index (χ1v) is 8.60. The van der Waals surface area contributed by atoms with Gasteiger partial charge in [0.1, 0.15) is 22.9 Å². The smallest absolute Gasteiger partial charge is 0.239 e. The van der Waals surface area contributed by atoms with Gasteiger partial charge in [0.25, 0.3) is 0 Å². The number of halogens is 4. The average molecular weight is 418 g/mol. The quantitative estimate of drug-likeness (QED) is 0.473. The lowest BCUT2D eigenvalue weighted by Gasteiger charge is -2.12. The van der Waals surface area contributed by atoms with Crippen molar-refractivity contribution in [3.05, 3.63) is 59.7 Å². The van der Waals surface area contributed by atoms with E-state index in [0.29, 0.717) is 11.8 Å². The number of nitrogens with two attached hydrogens (primary N) is 1. The lowest BCUT2D eigenvalue weighted by molar-refractivity contribution is 0.192. The van der Waals surface area contributed by atoms with Crippen molar-refractivity contribution in [2.24, 2.45) is 0 Å². The largest absolute Gasteiger partial charge is 0.463 e. The van der Waals surface area contributed by atoms with Crippen LogP contribution in [0.5, 0.6) is 5.75 Å². The summed E-state index contributed by atoms with van der Waals surface area (Å²) in [7, 11) is 0. The Morgan fingerprint density at radius 2 is 1.80 bits per heavy atom. The summed E-state index contributed by atoms with van der Waals surface area (Å²) in [4.78, 5) is 12.1. The van der Waals surface area contributed by atoms with E-state index < -0.39 is 30.1 Å². The third-order valence-corrected chi connectivity index (χ3v) is 4.25. The molecule has 4 rings (SSSR count). The third kappa shape index (κ3) is 3.45. The summed E-state index contributed by atoms with van der Waals surface area (Å²) < 4.78 is 60.5. The van der Waals surface area contributed by atoms with Crippen molar-refractivity contribution >= 4 is 28.4 Å². The van der Waals surface area contributed by atoms with Crippen LogP contribution in [0.25, 0.3) is 17.0 Å². The van der Waals surface area contributed by atoms with Gasteiger partial charge in [-0.2, -0.15) is 14.4 Å². The van der Waals surface area contributed by atoms with Crippen LogP contribution < -0.4 is 15.8 Å². The summed E-state index contributed by atoms with van der Waals surface area (Å²) in [5.41, 5.74) is 6.08. The van der Waals surface area contributed by atoms with Gasteiger partial charge in [-0.15, -0.1) is 0 Å². The molecule has 0 aliphatic heterocycles. The molecule has 0 spiro atoms. The first kappa shape index (κ1) is 19.4. The number of ether oxygens (including phenoxy) is 1. The Morgan fingerprint density at radius 1 is 1.07 bits per heavy atom. The molecule has 2 heterocycles. The minimum Gasteiger partial charge on any atom is -0.463 e. The second kappa shape index (κ2) is 7.50. The molecule has 7 nitrogen and oxygen atoms in total. The fourth-order valence-corrected chi connectivity index (χ4v) is 2.94. The van der Waals surface area contributed by atoms with Crippen LogP contribution in [0.15, 0.2) is 36.4 Å². The molecule has 2 aromatic heterocycles. The zero-order valence-electron chi connectivity index (χ0n) is 15.5. The highest BCUT2D eigenvalue weighted by molar-refractivity contribution is 5.78. The molecule has 0 bridgehead atoms. The molecule has 11 heteroatoms. The molecule has 0 saturated heterocycles. The number of aryl methyl sites for hydroxylation is 1. The molecule has 0 amide bonds. The van der Waals surface area contributed by atoms with Crippen LogP contribution in [-0.4, -0.2) is 26.4 Å². The molecule has 2 aromatic carbocycles. The van der Waals surface area contributed by atoms with Crippen molar-refractivity contribution in [1.82, 2.24) is 19.5 Å². The summed E-state index contributed by atoms with van der Waals surface area (Å²) in [5.74, 6) is -2.91. The third-order valence-electron chi connectivity index (χ3n) is 4.25. The van der Waals surface area contributed by atoms with E-state index in [1.165, 1.54) is 35.8 Å². The van der Waals surface area contributed by atoms with Gasteiger partial charge in [0.05, 0.1) is 5.52 Å². The van der Waals surface area contributed by atoms with Crippen molar-refractivity contribution in [3.63, 3.8) is 0 Å². The Hall–Kier alpha value is -3.89. The number of benzene rings is 2. The van der Waals surface area contributed by atoms with Gasteiger partial charge in [0, 0.05) is 17.8 Å². The molecule has 0 unspecified atom stereocenters. The monoisotopic (exact) mass is 418 g/mol. The van der Waals surface area contributed by atoms with E-state index in [9.17, 15) is 17.6 Å². The summed E-state index contributed by atoms with van der Waals surface area (Å²) in [6.45, 7) is 0.559. The van der Waals surface area contributed by atoms with Gasteiger partial charge >= 0.3 is 0 Å². The maximum absolute atomic E-state index is 14.5. The molecule has 3 N–H and O–H groups in total. The van der Waals surface area contributed by atoms with E-state index in [0.717, 1.165) is 6.07 Å². The topological polar surface area (TPSA) is 90.9 Å². The molecular formula is C19H14F4N6O. The Morgan fingerprint density at radius 3 is 2.50 bits per heavy atom. The minimum absolute atomic E-state index is 0.0645. The first-order valence-electron chi connectivity index (χ1n) is 8.60. The van der Waals surface area contributed by atoms with E-state index in [-0.39, 0.29) is 34.4 Å². The Kier molecular flexibility index (Phi) is 4.86. The number of alkyl halides is 1. The van der Waals surface area contributed by atoms with E-state index in [1.54, 1.807) is 0 Å². The highest BCUT2D eigenvalue weighted by Crippen LogP contribution is 2.27. The van der Waals surface area contributed by atoms with Crippen LogP contribution in [0, 0.1) is 24.4 Å². The van der Waals surface area contributed by atoms with Gasteiger partial charge in [-0.25, -0.2) is 18.2 Å². The van der Waals surface area contributed by atoms with Crippen LogP contribution in [0.2, 0.25) is 0 Å². The van der Waals surface area contributed by atoms with Crippen molar-refractivity contribution in [3.8, 4) is 11.7 Å². The van der Waals surface area contributed by atoms with Gasteiger partial charge in [-0.05, 0) is 31.2 Å². The number of rotatable bonds is 5. The van der Waals surface area contributed by atoms with Crippen LogP contribution >= 0.6 is 0 Å². The lowest BCUT2D eigenvalue weighted by atomic mass is 10.3. The summed E-state index contributed by atoms with van der Waals surface area (Å²) in [6, 6.07) is 7.77. The average Bonchev–Trinajstić information content (AvgIpc) is 3.03. The van der Waals surface area contributed by atoms with Gasteiger partial charge in [-0.1, -0.05) is 0 Å². The Bertz CT molecular complexity index is 1240. The molecule has 0 radical (unpaired) electrons. The molecule has 4 aromatic rings. The van der Waals surface area contributed by atoms with Crippen molar-refractivity contribution in [1.29, 1.82) is 0 Å². The number of fused-ring (bicyclic) bond motifs is 1. The second-order valence-electron chi connectivity index (χ2n) is 6.22. The molecule has 154 valence electrons. The molecular weight excluding hydrogens is 404 g/mol. The molecule has 0 fully saturated rings. The summed E-state index contributed by atoms with van der Waals surface area (Å²) in [5, 5.41) is 2.74. The van der Waals surface area contributed by atoms with Crippen LogP contribution in [0.4, 0.5) is 34.9 Å². The lowest BCUT2D eigenvalue weighted by Crippen LogP contribution is -2.10. The van der Waals surface area contributed by atoms with E-state index >= 15 is 0 Å². The second-order valence-corrected chi connectivity index (χ2v) is 6.22. The predicted octanol–water partition coefficient (Wildman–Crippen LogP) is 4.17. The number of hydrogen-bond donors (Lipinski definition) is 2. The Labute approximate surface area is 167 Å². The number of hydrogen-bond acceptors (Lipinski definition) is 6. The standard InChI is InChI=1S/C19H14F4N6O/c1-9-25-16-13(22)6-10(21)7-14(16)29(9)19-27-17(24)15(23)18(28-19)26-11-2-4-12(5-3-11)30-8-20/h2-7H,8H2,1H3,(H3,24,26,27,28). The molecule has 0 saturated carbocycles. The number of aromatic nitrogens is 4. The number of nitrogens with one attached hydrogen (secondary N) is 1. The van der Waals surface area contributed by atoms with Gasteiger partial charge in [0.15, 0.2) is 17.5 Å². The predicted molar refractivity (Wildman–Crippen MR) is 102 cm³/mol. The zero-order valence-corrected chi connectivity index (χ0v) is 15.5. The van der Waals surface area contributed by atoms with Crippen molar-refractivity contribution < 1.29 is 22.3 Å². The van der Waals surface area contributed by atoms with Gasteiger partial charge in [-0.3, -0.25) is 4.57 Å². The fourth-order valence-electron chi connectivity index (χ4n) is 2.94. The molecule has 0 aliphatic carbocycles. The number of nitrogens with zero attached hydrogens (tertiary/aromatic N) is 4. The van der Waals surface area contributed by atoms with Crippen LogP contribution in [-0.2, 0) is 0 Å². The zero-order chi connectivity index (χ0) is 21.4. The van der Waals surface area contributed by atoms with E-state index in [1.807, 2.05) is 0 Å². The van der Waals surface area contributed by atoms with Crippen LogP contribution in [0.3, 0.4) is 0 Å². The van der Waals surface area contributed by atoms with E-state index in [4.69, 9.17) is 10.5 Å². The number of nitrogen functional groups attached to an aromatic ring is 1. The fraction of sp³-hybridized carbons (Fsp3) is 0.105. The van der Waals surface area contributed by atoms with Gasteiger partial charge in [0.2, 0.25) is 18.6 Å². The summed E-state index contributed by atoms with van der Waals surface area (Å²) in [6.07, 6.45) is 0. The maximum Gasteiger partial charge on any atom is 0.239 e.